The second-order valence-corrected chi connectivity index (χ2v) is 17.1. The molecule has 2 atom stereocenters. The first-order valence-corrected chi connectivity index (χ1v) is 22.4. The molecular formula is C62H45NO. The van der Waals surface area contributed by atoms with Crippen molar-refractivity contribution in [2.24, 2.45) is 5.92 Å². The lowest BCUT2D eigenvalue weighted by Gasteiger charge is -2.35. The van der Waals surface area contributed by atoms with E-state index in [0.29, 0.717) is 0 Å². The first kappa shape index (κ1) is 37.8. The summed E-state index contributed by atoms with van der Waals surface area (Å²) in [5, 5.41) is 7.32. The summed E-state index contributed by atoms with van der Waals surface area (Å²) in [5.74, 6) is 0.203. The Bertz CT molecular complexity index is 3490. The van der Waals surface area contributed by atoms with Crippen LogP contribution in [0.3, 0.4) is 0 Å². The van der Waals surface area contributed by atoms with Gasteiger partial charge in [0.1, 0.15) is 11.2 Å². The van der Waals surface area contributed by atoms with E-state index in [4.69, 9.17) is 4.42 Å². The van der Waals surface area contributed by atoms with Gasteiger partial charge in [-0.05, 0) is 127 Å². The fourth-order valence-corrected chi connectivity index (χ4v) is 10.2. The molecule has 2 aliphatic rings. The van der Waals surface area contributed by atoms with Gasteiger partial charge in [-0.25, -0.2) is 0 Å². The molecule has 1 heterocycles. The lowest BCUT2D eigenvalue weighted by Crippen LogP contribution is -2.30. The number of benzene rings is 9. The zero-order valence-electron chi connectivity index (χ0n) is 35.4. The lowest BCUT2D eigenvalue weighted by molar-refractivity contribution is 0.669. The molecule has 1 aromatic heterocycles. The van der Waals surface area contributed by atoms with Gasteiger partial charge in [0.25, 0.3) is 0 Å². The summed E-state index contributed by atoms with van der Waals surface area (Å²) in [4.78, 5) is 2.53. The van der Waals surface area contributed by atoms with Gasteiger partial charge in [-0.15, -0.1) is 0 Å². The molecule has 2 heteroatoms. The van der Waals surface area contributed by atoms with E-state index >= 15 is 0 Å². The van der Waals surface area contributed by atoms with Gasteiger partial charge < -0.3 is 9.32 Å². The average molecular weight is 820 g/mol. The van der Waals surface area contributed by atoms with Crippen molar-refractivity contribution in [1.82, 2.24) is 0 Å². The lowest BCUT2D eigenvalue weighted by atomic mass is 9.75. The number of allylic oxidation sites excluding steroid dienone is 6. The minimum atomic E-state index is 0.115. The van der Waals surface area contributed by atoms with Gasteiger partial charge in [-0.3, -0.25) is 0 Å². The molecule has 0 fully saturated rings. The van der Waals surface area contributed by atoms with E-state index in [1.807, 2.05) is 6.07 Å². The van der Waals surface area contributed by atoms with Crippen LogP contribution in [0.5, 0.6) is 0 Å². The van der Waals surface area contributed by atoms with E-state index in [1.54, 1.807) is 0 Å². The Morgan fingerprint density at radius 2 is 1.12 bits per heavy atom. The molecule has 0 aliphatic heterocycles. The second-order valence-electron chi connectivity index (χ2n) is 17.1. The average Bonchev–Trinajstić information content (AvgIpc) is 3.76. The molecule has 0 saturated carbocycles. The molecule has 0 N–H and O–H groups in total. The molecule has 0 bridgehead atoms. The molecule has 10 aromatic rings. The van der Waals surface area contributed by atoms with Crippen molar-refractivity contribution >= 4 is 66.0 Å². The third-order valence-electron chi connectivity index (χ3n) is 13.4. The first-order chi connectivity index (χ1) is 31.7. The summed E-state index contributed by atoms with van der Waals surface area (Å²) in [6.07, 6.45) is 13.9. The number of fused-ring (bicyclic) bond motifs is 6. The molecule has 9 aromatic carbocycles. The third kappa shape index (κ3) is 6.85. The van der Waals surface area contributed by atoms with Crippen molar-refractivity contribution in [3.63, 3.8) is 0 Å². The number of hydrogen-bond donors (Lipinski definition) is 0. The van der Waals surface area contributed by atoms with Crippen molar-refractivity contribution in [3.05, 3.63) is 253 Å². The number of rotatable bonds is 8. The van der Waals surface area contributed by atoms with Crippen molar-refractivity contribution in [2.45, 2.75) is 18.9 Å². The highest BCUT2D eigenvalue weighted by Crippen LogP contribution is 2.45. The standard InChI is InChI=1S/C62H45NO/c1-3-13-42(14-4-1)43-27-33-51(34-28-43)63(53-20-11-19-50(39-53)55-23-12-18-45-17-7-8-21-54(45)55)52-35-29-46(30-36-52)58-40-49(31-37-56(58)44-15-5-2-6-16-44)48-26-25-47-32-38-61-62(59(47)41-48)57-22-9-10-24-60(57)64-61/h1-35,37-39,41,52,58H,36,40H2. The SMILES string of the molecule is C1=CC(N(c2ccc(-c3ccccc3)cc2)c2cccc(-c3cccc4ccccc34)c2)CC=C1C1CC(c2ccc3ccc4oc5ccccc5c4c3c2)=CC=C1c1ccccc1. The van der Waals surface area contributed by atoms with Crippen LogP contribution in [0.1, 0.15) is 24.0 Å². The minimum absolute atomic E-state index is 0.115. The predicted octanol–water partition coefficient (Wildman–Crippen LogP) is 16.8. The van der Waals surface area contributed by atoms with Crippen LogP contribution in [-0.2, 0) is 0 Å². The molecular weight excluding hydrogens is 775 g/mol. The molecule has 0 saturated heterocycles. The highest BCUT2D eigenvalue weighted by Gasteiger charge is 2.28. The number of hydrogen-bond acceptors (Lipinski definition) is 2. The summed E-state index contributed by atoms with van der Waals surface area (Å²) < 4.78 is 6.31. The summed E-state index contributed by atoms with van der Waals surface area (Å²) >= 11 is 0. The monoisotopic (exact) mass is 819 g/mol. The van der Waals surface area contributed by atoms with Gasteiger partial charge in [-0.2, -0.15) is 0 Å². The van der Waals surface area contributed by atoms with Crippen LogP contribution in [0.2, 0.25) is 0 Å². The summed E-state index contributed by atoms with van der Waals surface area (Å²) in [6, 6.07) is 74.9. The topological polar surface area (TPSA) is 16.4 Å². The number of furan rings is 1. The Morgan fingerprint density at radius 3 is 1.95 bits per heavy atom. The highest BCUT2D eigenvalue weighted by molar-refractivity contribution is 6.19. The third-order valence-corrected chi connectivity index (χ3v) is 13.4. The minimum Gasteiger partial charge on any atom is -0.456 e. The van der Waals surface area contributed by atoms with Gasteiger partial charge in [0.2, 0.25) is 0 Å². The summed E-state index contributed by atoms with van der Waals surface area (Å²) in [6.45, 7) is 0. The maximum atomic E-state index is 6.31. The Kier molecular flexibility index (Phi) is 9.49. The molecule has 64 heavy (non-hydrogen) atoms. The number of para-hydroxylation sites is 1. The normalized spacial score (nSPS) is 16.2. The van der Waals surface area contributed by atoms with E-state index < -0.39 is 0 Å². The molecule has 2 aliphatic carbocycles. The van der Waals surface area contributed by atoms with E-state index in [0.717, 1.165) is 29.4 Å². The van der Waals surface area contributed by atoms with Gasteiger partial charge in [0.15, 0.2) is 0 Å². The van der Waals surface area contributed by atoms with Gasteiger partial charge in [0.05, 0.1) is 6.04 Å². The molecule has 2 nitrogen and oxygen atoms in total. The largest absolute Gasteiger partial charge is 0.456 e. The van der Waals surface area contributed by atoms with Crippen LogP contribution in [0, 0.1) is 5.92 Å². The van der Waals surface area contributed by atoms with Gasteiger partial charge >= 0.3 is 0 Å². The van der Waals surface area contributed by atoms with Crippen LogP contribution in [0.4, 0.5) is 11.4 Å². The van der Waals surface area contributed by atoms with Gasteiger partial charge in [-0.1, -0.05) is 194 Å². The highest BCUT2D eigenvalue weighted by atomic mass is 16.3. The molecule has 304 valence electrons. The first-order valence-electron chi connectivity index (χ1n) is 22.4. The Labute approximate surface area is 374 Å². The van der Waals surface area contributed by atoms with Crippen LogP contribution in [0.25, 0.3) is 76.9 Å². The van der Waals surface area contributed by atoms with Crippen molar-refractivity contribution in [3.8, 4) is 22.3 Å². The van der Waals surface area contributed by atoms with Crippen LogP contribution in [-0.4, -0.2) is 6.04 Å². The fourth-order valence-electron chi connectivity index (χ4n) is 10.2. The second kappa shape index (κ2) is 16.1. The zero-order valence-corrected chi connectivity index (χ0v) is 35.4. The summed E-state index contributed by atoms with van der Waals surface area (Å²) in [7, 11) is 0. The van der Waals surface area contributed by atoms with Crippen molar-refractivity contribution in [1.29, 1.82) is 0 Å². The van der Waals surface area contributed by atoms with Crippen LogP contribution in [0.15, 0.2) is 247 Å². The quantitative estimate of drug-likeness (QED) is 0.152. The molecule has 2 unspecified atom stereocenters. The van der Waals surface area contributed by atoms with Crippen LogP contribution >= 0.6 is 0 Å². The van der Waals surface area contributed by atoms with E-state index in [9.17, 15) is 0 Å². The number of anilines is 2. The van der Waals surface area contributed by atoms with E-state index in [1.165, 1.54) is 88.4 Å². The van der Waals surface area contributed by atoms with Crippen molar-refractivity contribution in [2.75, 3.05) is 4.90 Å². The summed E-state index contributed by atoms with van der Waals surface area (Å²) in [5.41, 5.74) is 15.7. The maximum Gasteiger partial charge on any atom is 0.136 e. The smallest absolute Gasteiger partial charge is 0.136 e. The Balaban J connectivity index is 0.907. The molecule has 12 rings (SSSR count). The van der Waals surface area contributed by atoms with E-state index in [-0.39, 0.29) is 12.0 Å². The van der Waals surface area contributed by atoms with Crippen molar-refractivity contribution < 1.29 is 4.42 Å². The Hall–Kier alpha value is -7.94. The number of nitrogens with zero attached hydrogens (tertiary/aromatic N) is 1. The predicted molar refractivity (Wildman–Crippen MR) is 271 cm³/mol. The van der Waals surface area contributed by atoms with E-state index in [2.05, 4.69) is 235 Å². The fraction of sp³-hybridized carbons (Fsp3) is 0.0645. The molecule has 0 radical (unpaired) electrons. The Morgan fingerprint density at radius 1 is 0.453 bits per heavy atom. The molecule has 0 amide bonds. The van der Waals surface area contributed by atoms with Gasteiger partial charge in [0, 0.05) is 28.1 Å². The zero-order chi connectivity index (χ0) is 42.4. The molecule has 0 spiro atoms. The van der Waals surface area contributed by atoms with Crippen LogP contribution < -0.4 is 4.90 Å². The maximum absolute atomic E-state index is 6.31.